The van der Waals surface area contributed by atoms with E-state index in [2.05, 4.69) is 14.5 Å². The summed E-state index contributed by atoms with van der Waals surface area (Å²) in [5.41, 5.74) is 0.419. The van der Waals surface area contributed by atoms with Gasteiger partial charge in [-0.2, -0.15) is 8.42 Å². The summed E-state index contributed by atoms with van der Waals surface area (Å²) in [7, 11) is -3.64. The first-order valence-corrected chi connectivity index (χ1v) is 8.27. The van der Waals surface area contributed by atoms with Crippen LogP contribution in [0.3, 0.4) is 0 Å². The van der Waals surface area contributed by atoms with Crippen LogP contribution in [0.5, 0.6) is 0 Å². The third kappa shape index (κ3) is 4.58. The first kappa shape index (κ1) is 17.1. The molecule has 0 saturated carbocycles. The lowest BCUT2D eigenvalue weighted by atomic mass is 10.3. The lowest BCUT2D eigenvalue weighted by Gasteiger charge is -2.12. The van der Waals surface area contributed by atoms with Crippen LogP contribution >= 0.6 is 0 Å². The van der Waals surface area contributed by atoms with Crippen molar-refractivity contribution in [3.05, 3.63) is 40.3 Å². The topological polar surface area (TPSA) is 142 Å². The van der Waals surface area contributed by atoms with E-state index in [0.717, 1.165) is 6.26 Å². The molecule has 2 heterocycles. The fraction of sp³-hybridized carbons (Fsp3) is 0.455. The minimum absolute atomic E-state index is 0.0846. The minimum Gasteiger partial charge on any atom is -0.394 e. The highest BCUT2D eigenvalue weighted by Crippen LogP contribution is 2.14. The molecule has 0 amide bonds. The van der Waals surface area contributed by atoms with Gasteiger partial charge in [0.2, 0.25) is 0 Å². The molecule has 1 atom stereocenters. The number of rotatable bonds is 8. The van der Waals surface area contributed by atoms with Gasteiger partial charge in [0, 0.05) is 6.07 Å². The van der Waals surface area contributed by atoms with Gasteiger partial charge in [0.15, 0.2) is 0 Å². The van der Waals surface area contributed by atoms with E-state index in [0.29, 0.717) is 5.69 Å². The largest absolute Gasteiger partial charge is 0.394 e. The van der Waals surface area contributed by atoms with Gasteiger partial charge in [-0.15, -0.1) is 5.10 Å². The molecule has 2 aromatic rings. The number of aliphatic hydroxyl groups excluding tert-OH is 1. The second kappa shape index (κ2) is 6.85. The number of aromatic nitrogens is 4. The Morgan fingerprint density at radius 3 is 2.87 bits per heavy atom. The molecule has 0 bridgehead atoms. The van der Waals surface area contributed by atoms with Gasteiger partial charge in [-0.25, -0.2) is 9.25 Å². The van der Waals surface area contributed by atoms with Gasteiger partial charge in [0.25, 0.3) is 10.1 Å². The molecule has 0 aliphatic heterocycles. The Balaban J connectivity index is 2.10. The molecule has 0 saturated heterocycles. The van der Waals surface area contributed by atoms with Crippen molar-refractivity contribution in [1.29, 1.82) is 0 Å². The summed E-state index contributed by atoms with van der Waals surface area (Å²) in [4.78, 5) is 10.3. The molecule has 12 heteroatoms. The molecule has 1 N–H and O–H groups in total. The van der Waals surface area contributed by atoms with Crippen molar-refractivity contribution in [2.45, 2.75) is 12.6 Å². The van der Waals surface area contributed by atoms with Gasteiger partial charge < -0.3 is 15.2 Å². The summed E-state index contributed by atoms with van der Waals surface area (Å²) >= 11 is 0. The summed E-state index contributed by atoms with van der Waals surface area (Å²) in [6.45, 7) is -0.571. The van der Waals surface area contributed by atoms with Gasteiger partial charge in [-0.1, -0.05) is 5.21 Å². The van der Waals surface area contributed by atoms with Crippen LogP contribution in [0, 0.1) is 10.1 Å². The first-order valence-electron chi connectivity index (χ1n) is 6.45. The van der Waals surface area contributed by atoms with Gasteiger partial charge in [-0.3, -0.25) is 4.18 Å². The maximum absolute atomic E-state index is 11.0. The molecule has 2 rings (SSSR count). The molecule has 0 aliphatic rings. The minimum atomic E-state index is -3.64. The second-order valence-corrected chi connectivity index (χ2v) is 6.41. The zero-order chi connectivity index (χ0) is 17.0. The van der Waals surface area contributed by atoms with E-state index in [4.69, 9.17) is 0 Å². The Kier molecular flexibility index (Phi) is 5.08. The van der Waals surface area contributed by atoms with Crippen LogP contribution in [-0.2, 0) is 20.8 Å². The molecule has 126 valence electrons. The van der Waals surface area contributed by atoms with Crippen molar-refractivity contribution in [2.24, 2.45) is 0 Å². The summed E-state index contributed by atoms with van der Waals surface area (Å²) < 4.78 is 29.2. The zero-order valence-electron chi connectivity index (χ0n) is 12.1. The van der Waals surface area contributed by atoms with E-state index in [1.54, 1.807) is 6.07 Å². The van der Waals surface area contributed by atoms with Crippen LogP contribution in [0.2, 0.25) is 0 Å². The molecule has 2 aromatic heterocycles. The van der Waals surface area contributed by atoms with Crippen LogP contribution in [0.25, 0.3) is 0 Å². The molecular formula is C11H15N5O6S. The van der Waals surface area contributed by atoms with Gasteiger partial charge in [0.05, 0.1) is 31.9 Å². The van der Waals surface area contributed by atoms with Crippen LogP contribution in [0.15, 0.2) is 24.5 Å². The monoisotopic (exact) mass is 345 g/mol. The molecule has 0 aliphatic carbocycles. The van der Waals surface area contributed by atoms with E-state index in [9.17, 15) is 23.6 Å². The SMILES string of the molecule is CS(=O)(=O)OCC(CO)n1cc(Cn2cccc2[N+](=O)[O-])nn1. The van der Waals surface area contributed by atoms with Crippen LogP contribution in [0.1, 0.15) is 11.7 Å². The van der Waals surface area contributed by atoms with E-state index in [1.165, 1.54) is 27.7 Å². The lowest BCUT2D eigenvalue weighted by Crippen LogP contribution is -2.21. The van der Waals surface area contributed by atoms with Gasteiger partial charge in [-0.05, 0) is 11.0 Å². The number of nitro groups is 1. The van der Waals surface area contributed by atoms with E-state index >= 15 is 0 Å². The predicted octanol–water partition coefficient (Wildman–Crippen LogP) is -0.454. The van der Waals surface area contributed by atoms with Crippen molar-refractivity contribution in [1.82, 2.24) is 19.6 Å². The number of hydrogen-bond donors (Lipinski definition) is 1. The Bertz CT molecular complexity index is 782. The number of aliphatic hydroxyl groups is 1. The summed E-state index contributed by atoms with van der Waals surface area (Å²) in [5, 5.41) is 27.8. The average Bonchev–Trinajstić information content (AvgIpc) is 3.08. The first-order chi connectivity index (χ1) is 10.8. The van der Waals surface area contributed by atoms with E-state index < -0.39 is 27.7 Å². The molecule has 0 aromatic carbocycles. The molecule has 11 nitrogen and oxygen atoms in total. The van der Waals surface area contributed by atoms with Gasteiger partial charge in [0.1, 0.15) is 18.3 Å². The molecule has 0 spiro atoms. The smallest absolute Gasteiger partial charge is 0.323 e. The van der Waals surface area contributed by atoms with Crippen molar-refractivity contribution in [3.8, 4) is 0 Å². The highest BCUT2D eigenvalue weighted by atomic mass is 32.2. The summed E-state index contributed by atoms with van der Waals surface area (Å²) in [6, 6.07) is 2.17. The normalized spacial score (nSPS) is 13.1. The molecular weight excluding hydrogens is 330 g/mol. The van der Waals surface area contributed by atoms with Crippen molar-refractivity contribution in [2.75, 3.05) is 19.5 Å². The van der Waals surface area contributed by atoms with Crippen LogP contribution < -0.4 is 0 Å². The quantitative estimate of drug-likeness (QED) is 0.385. The number of hydrogen-bond acceptors (Lipinski definition) is 8. The van der Waals surface area contributed by atoms with Crippen molar-refractivity contribution < 1.29 is 22.6 Å². The molecule has 23 heavy (non-hydrogen) atoms. The third-order valence-corrected chi connectivity index (χ3v) is 3.51. The maximum Gasteiger partial charge on any atom is 0.323 e. The second-order valence-electron chi connectivity index (χ2n) is 4.77. The molecule has 1 unspecified atom stereocenters. The zero-order valence-corrected chi connectivity index (χ0v) is 13.0. The average molecular weight is 345 g/mol. The van der Waals surface area contributed by atoms with Crippen molar-refractivity contribution >= 4 is 15.9 Å². The lowest BCUT2D eigenvalue weighted by molar-refractivity contribution is -0.391. The Morgan fingerprint density at radius 2 is 2.26 bits per heavy atom. The maximum atomic E-state index is 11.0. The predicted molar refractivity (Wildman–Crippen MR) is 77.1 cm³/mol. The third-order valence-electron chi connectivity index (χ3n) is 2.94. The summed E-state index contributed by atoms with van der Waals surface area (Å²) in [6.07, 6.45) is 3.91. The number of nitrogens with zero attached hydrogens (tertiary/aromatic N) is 5. The Hall–Kier alpha value is -2.31. The molecule has 0 fully saturated rings. The Morgan fingerprint density at radius 1 is 1.52 bits per heavy atom. The van der Waals surface area contributed by atoms with E-state index in [1.807, 2.05) is 0 Å². The molecule has 0 radical (unpaired) electrons. The van der Waals surface area contributed by atoms with Crippen LogP contribution in [-0.4, -0.2) is 57.5 Å². The fourth-order valence-corrected chi connectivity index (χ4v) is 2.26. The highest BCUT2D eigenvalue weighted by molar-refractivity contribution is 7.85. The summed E-state index contributed by atoms with van der Waals surface area (Å²) in [5.74, 6) is -0.0846. The highest BCUT2D eigenvalue weighted by Gasteiger charge is 2.18. The standard InChI is InChI=1S/C11H15N5O6S/c1-23(20,21)22-8-10(7-17)15-6-9(12-13-15)5-14-4-2-3-11(14)16(18)19/h2-4,6,10,17H,5,7-8H2,1H3. The van der Waals surface area contributed by atoms with E-state index in [-0.39, 0.29) is 19.0 Å². The van der Waals surface area contributed by atoms with Crippen molar-refractivity contribution in [3.63, 3.8) is 0 Å². The Labute approximate surface area is 131 Å². The van der Waals surface area contributed by atoms with Crippen LogP contribution in [0.4, 0.5) is 5.82 Å². The fourth-order valence-electron chi connectivity index (χ4n) is 1.86. The van der Waals surface area contributed by atoms with Gasteiger partial charge >= 0.3 is 5.82 Å².